The van der Waals surface area contributed by atoms with Gasteiger partial charge in [0, 0.05) is 11.6 Å². The number of furan rings is 1. The maximum Gasteiger partial charge on any atom is 0.335 e. The van der Waals surface area contributed by atoms with Crippen LogP contribution in [0.1, 0.15) is 16.1 Å². The van der Waals surface area contributed by atoms with Gasteiger partial charge < -0.3 is 9.52 Å². The minimum absolute atomic E-state index is 0.176. The molecule has 5 rings (SSSR count). The first-order valence-electron chi connectivity index (χ1n) is 10.4. The Kier molecular flexibility index (Phi) is 5.84. The van der Waals surface area contributed by atoms with E-state index in [4.69, 9.17) is 9.41 Å². The van der Waals surface area contributed by atoms with Crippen LogP contribution >= 0.6 is 11.8 Å². The van der Waals surface area contributed by atoms with Crippen molar-refractivity contribution in [2.24, 2.45) is 4.99 Å². The second-order valence-electron chi connectivity index (χ2n) is 7.40. The molecule has 0 radical (unpaired) electrons. The summed E-state index contributed by atoms with van der Waals surface area (Å²) in [5.41, 5.74) is 2.30. The van der Waals surface area contributed by atoms with Gasteiger partial charge in [0.05, 0.1) is 21.8 Å². The van der Waals surface area contributed by atoms with Crippen LogP contribution in [0.15, 0.2) is 111 Å². The van der Waals surface area contributed by atoms with Crippen molar-refractivity contribution in [3.05, 3.63) is 113 Å². The standard InChI is InChI=1S/C27H18N2O4S/c30-25-24(17-22-14-15-23(33-22)18-8-7-9-19(16-18)26(31)32)34-27(28-20-10-3-1-4-11-20)29(25)21-12-5-2-6-13-21/h1-17H,(H,31,32)/b24-17-,28-27-. The molecule has 4 aromatic rings. The number of anilines is 1. The summed E-state index contributed by atoms with van der Waals surface area (Å²) in [6.45, 7) is 0. The quantitative estimate of drug-likeness (QED) is 0.342. The second kappa shape index (κ2) is 9.25. The lowest BCUT2D eigenvalue weighted by Gasteiger charge is -2.15. The van der Waals surface area contributed by atoms with Gasteiger partial charge in [-0.3, -0.25) is 9.69 Å². The fourth-order valence-electron chi connectivity index (χ4n) is 3.49. The van der Waals surface area contributed by atoms with E-state index in [9.17, 15) is 14.7 Å². The number of nitrogens with zero attached hydrogens (tertiary/aromatic N) is 2. The van der Waals surface area contributed by atoms with E-state index < -0.39 is 5.97 Å². The monoisotopic (exact) mass is 466 g/mol. The summed E-state index contributed by atoms with van der Waals surface area (Å²) in [6.07, 6.45) is 1.68. The number of rotatable bonds is 5. The summed E-state index contributed by atoms with van der Waals surface area (Å²) in [5, 5.41) is 9.78. The van der Waals surface area contributed by atoms with Crippen LogP contribution in [0.5, 0.6) is 0 Å². The number of carboxylic acid groups (broad SMARTS) is 1. The summed E-state index contributed by atoms with van der Waals surface area (Å²) in [7, 11) is 0. The summed E-state index contributed by atoms with van der Waals surface area (Å²) >= 11 is 1.27. The zero-order valence-electron chi connectivity index (χ0n) is 17.8. The third kappa shape index (κ3) is 4.42. The number of amides is 1. The van der Waals surface area contributed by atoms with Gasteiger partial charge in [0.25, 0.3) is 5.91 Å². The van der Waals surface area contributed by atoms with Crippen LogP contribution in [0, 0.1) is 0 Å². The smallest absolute Gasteiger partial charge is 0.335 e. The van der Waals surface area contributed by atoms with Crippen LogP contribution < -0.4 is 4.90 Å². The number of para-hydroxylation sites is 2. The topological polar surface area (TPSA) is 83.1 Å². The number of carbonyl (C=O) groups excluding carboxylic acids is 1. The van der Waals surface area contributed by atoms with Gasteiger partial charge in [-0.05, 0) is 60.3 Å². The zero-order valence-corrected chi connectivity index (χ0v) is 18.6. The molecule has 0 unspecified atom stereocenters. The van der Waals surface area contributed by atoms with E-state index in [1.54, 1.807) is 41.3 Å². The van der Waals surface area contributed by atoms with Crippen LogP contribution in [-0.4, -0.2) is 22.2 Å². The van der Waals surface area contributed by atoms with Gasteiger partial charge in [0.1, 0.15) is 11.5 Å². The molecule has 1 saturated heterocycles. The van der Waals surface area contributed by atoms with Crippen molar-refractivity contribution in [2.75, 3.05) is 4.90 Å². The molecule has 2 heterocycles. The molecule has 1 fully saturated rings. The molecule has 166 valence electrons. The van der Waals surface area contributed by atoms with Crippen LogP contribution in [0.25, 0.3) is 17.4 Å². The van der Waals surface area contributed by atoms with Crippen molar-refractivity contribution in [2.45, 2.75) is 0 Å². The highest BCUT2D eigenvalue weighted by atomic mass is 32.2. The average Bonchev–Trinajstić information content (AvgIpc) is 3.45. The lowest BCUT2D eigenvalue weighted by atomic mass is 10.1. The molecule has 0 bridgehead atoms. The molecule has 0 saturated carbocycles. The minimum Gasteiger partial charge on any atom is -0.478 e. The number of carboxylic acids is 1. The average molecular weight is 467 g/mol. The molecule has 0 aliphatic carbocycles. The van der Waals surface area contributed by atoms with Gasteiger partial charge in [-0.25, -0.2) is 9.79 Å². The highest BCUT2D eigenvalue weighted by molar-refractivity contribution is 8.19. The van der Waals surface area contributed by atoms with Crippen LogP contribution in [0.2, 0.25) is 0 Å². The largest absolute Gasteiger partial charge is 0.478 e. The molecule has 0 atom stereocenters. The first-order chi connectivity index (χ1) is 16.6. The number of hydrogen-bond donors (Lipinski definition) is 1. The molecule has 1 amide bonds. The Morgan fingerprint density at radius 1 is 0.912 bits per heavy atom. The van der Waals surface area contributed by atoms with Gasteiger partial charge in [0.2, 0.25) is 0 Å². The van der Waals surface area contributed by atoms with E-state index in [1.807, 2.05) is 60.7 Å². The summed E-state index contributed by atoms with van der Waals surface area (Å²) in [5.74, 6) is -0.198. The number of hydrogen-bond acceptors (Lipinski definition) is 5. The van der Waals surface area contributed by atoms with Gasteiger partial charge in [-0.15, -0.1) is 0 Å². The molecule has 1 N–H and O–H groups in total. The predicted molar refractivity (Wildman–Crippen MR) is 134 cm³/mol. The van der Waals surface area contributed by atoms with Crippen LogP contribution in [0.4, 0.5) is 11.4 Å². The molecule has 1 aliphatic rings. The zero-order chi connectivity index (χ0) is 23.5. The number of carbonyl (C=O) groups is 2. The fraction of sp³-hybridized carbons (Fsp3) is 0. The summed E-state index contributed by atoms with van der Waals surface area (Å²) < 4.78 is 5.92. The predicted octanol–water partition coefficient (Wildman–Crippen LogP) is 6.45. The summed E-state index contributed by atoms with van der Waals surface area (Å²) in [6, 6.07) is 28.9. The maximum absolute atomic E-state index is 13.4. The molecule has 1 aromatic heterocycles. The Bertz CT molecular complexity index is 1430. The highest BCUT2D eigenvalue weighted by Gasteiger charge is 2.35. The molecular weight excluding hydrogens is 448 g/mol. The van der Waals surface area contributed by atoms with Gasteiger partial charge >= 0.3 is 5.97 Å². The van der Waals surface area contributed by atoms with E-state index in [-0.39, 0.29) is 11.5 Å². The molecule has 7 heteroatoms. The lowest BCUT2D eigenvalue weighted by molar-refractivity contribution is -0.113. The maximum atomic E-state index is 13.4. The van der Waals surface area contributed by atoms with Crippen molar-refractivity contribution in [3.63, 3.8) is 0 Å². The Morgan fingerprint density at radius 2 is 1.65 bits per heavy atom. The van der Waals surface area contributed by atoms with E-state index in [0.29, 0.717) is 27.2 Å². The number of amidine groups is 1. The van der Waals surface area contributed by atoms with E-state index in [1.165, 1.54) is 17.8 Å². The summed E-state index contributed by atoms with van der Waals surface area (Å²) in [4.78, 5) is 31.4. The second-order valence-corrected chi connectivity index (χ2v) is 8.41. The number of aromatic carboxylic acids is 1. The Balaban J connectivity index is 1.49. The Labute approximate surface area is 199 Å². The van der Waals surface area contributed by atoms with Crippen molar-refractivity contribution < 1.29 is 19.1 Å². The first-order valence-corrected chi connectivity index (χ1v) is 11.3. The van der Waals surface area contributed by atoms with Crippen LogP contribution in [-0.2, 0) is 4.79 Å². The van der Waals surface area contributed by atoms with Crippen molar-refractivity contribution >= 4 is 46.3 Å². The van der Waals surface area contributed by atoms with Crippen molar-refractivity contribution in [1.29, 1.82) is 0 Å². The number of aliphatic imine (C=N–C) groups is 1. The van der Waals surface area contributed by atoms with Crippen molar-refractivity contribution in [3.8, 4) is 11.3 Å². The van der Waals surface area contributed by atoms with Crippen molar-refractivity contribution in [1.82, 2.24) is 0 Å². The SMILES string of the molecule is O=C(O)c1cccc(-c2ccc(/C=C3\S/C(=N\c4ccccc4)N(c4ccccc4)C3=O)o2)c1. The third-order valence-electron chi connectivity index (χ3n) is 5.10. The van der Waals surface area contributed by atoms with E-state index in [2.05, 4.69) is 0 Å². The Hall–Kier alpha value is -4.36. The molecular formula is C27H18N2O4S. The molecule has 0 spiro atoms. The Morgan fingerprint density at radius 3 is 2.38 bits per heavy atom. The fourth-order valence-corrected chi connectivity index (χ4v) is 4.47. The molecule has 6 nitrogen and oxygen atoms in total. The van der Waals surface area contributed by atoms with Gasteiger partial charge in [-0.2, -0.15) is 0 Å². The van der Waals surface area contributed by atoms with E-state index >= 15 is 0 Å². The number of thioether (sulfide) groups is 1. The highest BCUT2D eigenvalue weighted by Crippen LogP contribution is 2.37. The molecule has 3 aromatic carbocycles. The molecule has 1 aliphatic heterocycles. The normalized spacial score (nSPS) is 15.9. The minimum atomic E-state index is -1.00. The lowest BCUT2D eigenvalue weighted by Crippen LogP contribution is -2.28. The van der Waals surface area contributed by atoms with Gasteiger partial charge in [-0.1, -0.05) is 48.5 Å². The third-order valence-corrected chi connectivity index (χ3v) is 6.06. The van der Waals surface area contributed by atoms with Crippen LogP contribution in [0.3, 0.4) is 0 Å². The first kappa shape index (κ1) is 21.5. The molecule has 34 heavy (non-hydrogen) atoms. The van der Waals surface area contributed by atoms with E-state index in [0.717, 1.165) is 11.4 Å². The number of benzene rings is 3. The van der Waals surface area contributed by atoms with Gasteiger partial charge in [0.15, 0.2) is 5.17 Å².